The quantitative estimate of drug-likeness (QED) is 0.825. The molecule has 2 saturated heterocycles. The molecule has 1 aliphatic carbocycles. The maximum absolute atomic E-state index is 12.8. The molecule has 138 valence electrons. The van der Waals surface area contributed by atoms with E-state index in [0.717, 1.165) is 65.2 Å². The van der Waals surface area contributed by atoms with Crippen LogP contribution in [0.2, 0.25) is 0 Å². The van der Waals surface area contributed by atoms with Gasteiger partial charge in [0.2, 0.25) is 5.91 Å². The molecular formula is C19H30N4O2. The number of carbonyl (C=O) groups is 1. The fourth-order valence-corrected chi connectivity index (χ4v) is 4.50. The molecular weight excluding hydrogens is 316 g/mol. The van der Waals surface area contributed by atoms with E-state index in [1.54, 1.807) is 0 Å². The number of hydrogen-bond acceptors (Lipinski definition) is 4. The average Bonchev–Trinajstić information content (AvgIpc) is 3.06. The standard InChI is InChI=1S/C19H30N4O2/c24-19(14-23-15-20-17-5-1-2-6-18(17)23)22-7-3-4-16(13-22)12-21-8-10-25-11-9-21/h15-16H,1-14H2/t16-/m1/s1. The Kier molecular flexibility index (Phi) is 5.36. The average molecular weight is 346 g/mol. The molecule has 1 atom stereocenters. The number of imidazole rings is 1. The summed E-state index contributed by atoms with van der Waals surface area (Å²) in [5, 5.41) is 0. The Balaban J connectivity index is 1.33. The van der Waals surface area contributed by atoms with Crippen molar-refractivity contribution in [3.63, 3.8) is 0 Å². The first-order valence-corrected chi connectivity index (χ1v) is 9.90. The second kappa shape index (κ2) is 7.87. The summed E-state index contributed by atoms with van der Waals surface area (Å²) in [5.41, 5.74) is 2.50. The monoisotopic (exact) mass is 346 g/mol. The van der Waals surface area contributed by atoms with Crippen molar-refractivity contribution in [3.05, 3.63) is 17.7 Å². The zero-order chi connectivity index (χ0) is 17.1. The third-order valence-corrected chi connectivity index (χ3v) is 5.91. The van der Waals surface area contributed by atoms with Crippen LogP contribution in [0.5, 0.6) is 0 Å². The van der Waals surface area contributed by atoms with Gasteiger partial charge in [0.25, 0.3) is 0 Å². The van der Waals surface area contributed by atoms with Crippen molar-refractivity contribution in [2.75, 3.05) is 45.9 Å². The smallest absolute Gasteiger partial charge is 0.242 e. The third kappa shape index (κ3) is 4.06. The summed E-state index contributed by atoms with van der Waals surface area (Å²) in [7, 11) is 0. The Morgan fingerprint density at radius 3 is 2.88 bits per heavy atom. The molecule has 0 N–H and O–H groups in total. The van der Waals surface area contributed by atoms with Crippen LogP contribution >= 0.6 is 0 Å². The number of aromatic nitrogens is 2. The van der Waals surface area contributed by atoms with Gasteiger partial charge in [0.15, 0.2) is 0 Å². The number of hydrogen-bond donors (Lipinski definition) is 0. The number of amides is 1. The number of fused-ring (bicyclic) bond motifs is 1. The number of nitrogens with zero attached hydrogens (tertiary/aromatic N) is 4. The van der Waals surface area contributed by atoms with E-state index in [1.807, 2.05) is 6.33 Å². The second-order valence-corrected chi connectivity index (χ2v) is 7.73. The van der Waals surface area contributed by atoms with E-state index in [4.69, 9.17) is 4.74 Å². The Labute approximate surface area is 150 Å². The second-order valence-electron chi connectivity index (χ2n) is 7.73. The molecule has 0 spiro atoms. The molecule has 3 heterocycles. The minimum atomic E-state index is 0.262. The topological polar surface area (TPSA) is 50.6 Å². The Hall–Kier alpha value is -1.40. The molecule has 0 bridgehead atoms. The summed E-state index contributed by atoms with van der Waals surface area (Å²) in [6.45, 7) is 7.15. The number of ether oxygens (including phenoxy) is 1. The molecule has 3 aliphatic rings. The van der Waals surface area contributed by atoms with E-state index in [-0.39, 0.29) is 5.91 Å². The fraction of sp³-hybridized carbons (Fsp3) is 0.789. The van der Waals surface area contributed by atoms with Gasteiger partial charge in [0.1, 0.15) is 6.54 Å². The van der Waals surface area contributed by atoms with Crippen LogP contribution in [0.15, 0.2) is 6.33 Å². The lowest BCUT2D eigenvalue weighted by Gasteiger charge is -2.37. The summed E-state index contributed by atoms with van der Waals surface area (Å²) in [6, 6.07) is 0. The summed E-state index contributed by atoms with van der Waals surface area (Å²) < 4.78 is 7.54. The lowest BCUT2D eigenvalue weighted by atomic mass is 9.97. The highest BCUT2D eigenvalue weighted by molar-refractivity contribution is 5.76. The number of morpholine rings is 1. The number of likely N-dealkylation sites (tertiary alicyclic amines) is 1. The van der Waals surface area contributed by atoms with Crippen LogP contribution in [0.3, 0.4) is 0 Å². The number of piperidine rings is 1. The number of rotatable bonds is 4. The van der Waals surface area contributed by atoms with Crippen molar-refractivity contribution in [1.82, 2.24) is 19.4 Å². The third-order valence-electron chi connectivity index (χ3n) is 5.91. The van der Waals surface area contributed by atoms with Crippen LogP contribution in [0.1, 0.15) is 37.1 Å². The van der Waals surface area contributed by atoms with Gasteiger partial charge in [-0.25, -0.2) is 4.98 Å². The van der Waals surface area contributed by atoms with Crippen molar-refractivity contribution in [1.29, 1.82) is 0 Å². The Morgan fingerprint density at radius 1 is 1.16 bits per heavy atom. The molecule has 25 heavy (non-hydrogen) atoms. The van der Waals surface area contributed by atoms with Crippen molar-refractivity contribution in [3.8, 4) is 0 Å². The molecule has 6 nitrogen and oxygen atoms in total. The van der Waals surface area contributed by atoms with Crippen LogP contribution in [0.25, 0.3) is 0 Å². The summed E-state index contributed by atoms with van der Waals surface area (Å²) in [5.74, 6) is 0.866. The molecule has 1 aromatic heterocycles. The molecule has 0 saturated carbocycles. The van der Waals surface area contributed by atoms with Crippen LogP contribution in [-0.2, 0) is 28.9 Å². The van der Waals surface area contributed by atoms with E-state index < -0.39 is 0 Å². The molecule has 2 fully saturated rings. The van der Waals surface area contributed by atoms with Gasteiger partial charge in [-0.15, -0.1) is 0 Å². The first-order valence-electron chi connectivity index (χ1n) is 9.90. The minimum absolute atomic E-state index is 0.262. The Morgan fingerprint density at radius 2 is 2.00 bits per heavy atom. The summed E-state index contributed by atoms with van der Waals surface area (Å²) in [6.07, 6.45) is 8.84. The van der Waals surface area contributed by atoms with E-state index in [1.165, 1.54) is 30.7 Å². The SMILES string of the molecule is O=C(Cn1cnc2c1CCCC2)N1CCC[C@H](CN2CCOCC2)C1. The maximum atomic E-state index is 12.8. The van der Waals surface area contributed by atoms with Gasteiger partial charge >= 0.3 is 0 Å². The number of carbonyl (C=O) groups excluding carboxylic acids is 1. The van der Waals surface area contributed by atoms with Crippen LogP contribution < -0.4 is 0 Å². The molecule has 4 rings (SSSR count). The zero-order valence-electron chi connectivity index (χ0n) is 15.2. The van der Waals surface area contributed by atoms with Crippen molar-refractivity contribution < 1.29 is 9.53 Å². The van der Waals surface area contributed by atoms with E-state index >= 15 is 0 Å². The first kappa shape index (κ1) is 17.0. The van der Waals surface area contributed by atoms with E-state index in [0.29, 0.717) is 12.5 Å². The highest BCUT2D eigenvalue weighted by Gasteiger charge is 2.26. The lowest BCUT2D eigenvalue weighted by Crippen LogP contribution is -2.46. The minimum Gasteiger partial charge on any atom is -0.379 e. The number of aryl methyl sites for hydroxylation is 1. The largest absolute Gasteiger partial charge is 0.379 e. The molecule has 6 heteroatoms. The van der Waals surface area contributed by atoms with Crippen LogP contribution in [0, 0.1) is 5.92 Å². The van der Waals surface area contributed by atoms with Crippen LogP contribution in [-0.4, -0.2) is 71.2 Å². The van der Waals surface area contributed by atoms with Crippen molar-refractivity contribution in [2.45, 2.75) is 45.1 Å². The molecule has 2 aliphatic heterocycles. The molecule has 0 unspecified atom stereocenters. The highest BCUT2D eigenvalue weighted by Crippen LogP contribution is 2.22. The zero-order valence-corrected chi connectivity index (χ0v) is 15.2. The fourth-order valence-electron chi connectivity index (χ4n) is 4.50. The van der Waals surface area contributed by atoms with Gasteiger partial charge in [-0.05, 0) is 44.4 Å². The molecule has 0 aromatic carbocycles. The predicted octanol–water partition coefficient (Wildman–Crippen LogP) is 1.33. The van der Waals surface area contributed by atoms with Crippen molar-refractivity contribution in [2.24, 2.45) is 5.92 Å². The van der Waals surface area contributed by atoms with E-state index in [2.05, 4.69) is 19.4 Å². The van der Waals surface area contributed by atoms with Gasteiger partial charge in [-0.3, -0.25) is 9.69 Å². The molecule has 1 aromatic rings. The van der Waals surface area contributed by atoms with E-state index in [9.17, 15) is 4.79 Å². The van der Waals surface area contributed by atoms with Gasteiger partial charge in [-0.2, -0.15) is 0 Å². The van der Waals surface area contributed by atoms with Crippen molar-refractivity contribution >= 4 is 5.91 Å². The highest BCUT2D eigenvalue weighted by atomic mass is 16.5. The van der Waals surface area contributed by atoms with Gasteiger partial charge < -0.3 is 14.2 Å². The Bertz CT molecular complexity index is 594. The first-order chi connectivity index (χ1) is 12.3. The predicted molar refractivity (Wildman–Crippen MR) is 95.4 cm³/mol. The molecule has 1 amide bonds. The lowest BCUT2D eigenvalue weighted by molar-refractivity contribution is -0.134. The molecule has 0 radical (unpaired) electrons. The van der Waals surface area contributed by atoms with Gasteiger partial charge in [0.05, 0.1) is 25.2 Å². The summed E-state index contributed by atoms with van der Waals surface area (Å²) >= 11 is 0. The van der Waals surface area contributed by atoms with Gasteiger partial charge in [-0.1, -0.05) is 0 Å². The normalized spacial score (nSPS) is 25.0. The maximum Gasteiger partial charge on any atom is 0.242 e. The van der Waals surface area contributed by atoms with Gasteiger partial charge in [0, 0.05) is 38.4 Å². The summed E-state index contributed by atoms with van der Waals surface area (Å²) in [4.78, 5) is 21.9. The van der Waals surface area contributed by atoms with Crippen LogP contribution in [0.4, 0.5) is 0 Å².